The number of hydrogen-bond donors (Lipinski definition) is 0. The van der Waals surface area contributed by atoms with Crippen molar-refractivity contribution in [3.05, 3.63) is 63.7 Å². The molecule has 11 heteroatoms. The molecule has 0 N–H and O–H groups in total. The van der Waals surface area contributed by atoms with Gasteiger partial charge in [0.05, 0.1) is 31.2 Å². The predicted molar refractivity (Wildman–Crippen MR) is 118 cm³/mol. The van der Waals surface area contributed by atoms with Crippen molar-refractivity contribution in [2.75, 3.05) is 39.4 Å². The van der Waals surface area contributed by atoms with Crippen molar-refractivity contribution in [1.82, 2.24) is 9.80 Å². The summed E-state index contributed by atoms with van der Waals surface area (Å²) in [6.45, 7) is 3.10. The molecule has 0 saturated carbocycles. The molecule has 34 heavy (non-hydrogen) atoms. The van der Waals surface area contributed by atoms with Crippen molar-refractivity contribution in [2.24, 2.45) is 0 Å². The Kier molecular flexibility index (Phi) is 6.64. The number of halogens is 1. The van der Waals surface area contributed by atoms with Crippen molar-refractivity contribution < 1.29 is 33.1 Å². The summed E-state index contributed by atoms with van der Waals surface area (Å²) in [7, 11) is 0. The zero-order valence-corrected chi connectivity index (χ0v) is 18.6. The Labute approximate surface area is 194 Å². The highest BCUT2D eigenvalue weighted by atomic mass is 19.1. The van der Waals surface area contributed by atoms with Gasteiger partial charge in [0, 0.05) is 24.7 Å². The van der Waals surface area contributed by atoms with E-state index in [1.54, 1.807) is 18.2 Å². The number of carbonyl (C=O) groups is 2. The second-order valence-corrected chi connectivity index (χ2v) is 8.42. The maximum atomic E-state index is 13.8. The van der Waals surface area contributed by atoms with E-state index in [1.807, 2.05) is 0 Å². The lowest BCUT2D eigenvalue weighted by molar-refractivity contribution is -0.385. The zero-order valence-electron chi connectivity index (χ0n) is 18.6. The lowest BCUT2D eigenvalue weighted by Crippen LogP contribution is -2.59. The first kappa shape index (κ1) is 23.4. The Morgan fingerprint density at radius 1 is 1.15 bits per heavy atom. The zero-order chi connectivity index (χ0) is 24.3. The first-order valence-corrected chi connectivity index (χ1v) is 10.7. The van der Waals surface area contributed by atoms with Crippen molar-refractivity contribution in [3.8, 4) is 11.5 Å². The second kappa shape index (κ2) is 9.64. The minimum absolute atomic E-state index is 0.00755. The number of ether oxygens (including phenoxy) is 3. The van der Waals surface area contributed by atoms with Gasteiger partial charge in [0.1, 0.15) is 18.0 Å². The number of carbonyl (C=O) groups excluding carboxylic acids is 2. The number of hydrogen-bond acceptors (Lipinski definition) is 7. The van der Waals surface area contributed by atoms with Crippen molar-refractivity contribution in [3.63, 3.8) is 0 Å². The average molecular weight is 473 g/mol. The Morgan fingerprint density at radius 2 is 1.88 bits per heavy atom. The number of alkyl halides is 1. The Bertz CT molecular complexity index is 1090. The molecule has 0 atom stereocenters. The minimum atomic E-state index is -1.39. The van der Waals surface area contributed by atoms with Crippen LogP contribution in [0.2, 0.25) is 0 Å². The van der Waals surface area contributed by atoms with Crippen LogP contribution in [0.4, 0.5) is 14.9 Å². The van der Waals surface area contributed by atoms with Crippen LogP contribution in [-0.2, 0) is 16.1 Å². The molecule has 180 valence electrons. The molecule has 0 radical (unpaired) electrons. The van der Waals surface area contributed by atoms with Gasteiger partial charge in [-0.3, -0.25) is 14.9 Å². The van der Waals surface area contributed by atoms with Crippen molar-refractivity contribution in [2.45, 2.75) is 19.2 Å². The number of likely N-dealkylation sites (tertiary alicyclic amines) is 1. The normalized spacial score (nSPS) is 17.0. The maximum Gasteiger partial charge on any atom is 0.410 e. The highest BCUT2D eigenvalue weighted by Crippen LogP contribution is 2.33. The van der Waals surface area contributed by atoms with Crippen molar-refractivity contribution >= 4 is 17.7 Å². The molecule has 0 unspecified atom stereocenters. The number of nitro groups is 1. The van der Waals surface area contributed by atoms with E-state index in [0.717, 1.165) is 0 Å². The van der Waals surface area contributed by atoms with Gasteiger partial charge in [-0.25, -0.2) is 9.18 Å². The summed E-state index contributed by atoms with van der Waals surface area (Å²) in [5.41, 5.74) is -0.893. The SMILES string of the molecule is CC1(F)CN(C(=O)c2cccc(Oc3cc(COC(=O)N4CCOCC4)ccc3[N+](=O)[O-])c2)C1. The molecule has 2 aromatic carbocycles. The topological polar surface area (TPSA) is 111 Å². The van der Waals surface area contributed by atoms with Crippen LogP contribution in [0, 0.1) is 10.1 Å². The van der Waals surface area contributed by atoms with Gasteiger partial charge < -0.3 is 24.0 Å². The largest absolute Gasteiger partial charge is 0.450 e. The van der Waals surface area contributed by atoms with Crippen LogP contribution in [-0.4, -0.2) is 71.8 Å². The van der Waals surface area contributed by atoms with Crippen LogP contribution < -0.4 is 4.74 Å². The molecular formula is C23H24FN3O7. The smallest absolute Gasteiger partial charge is 0.410 e. The van der Waals surface area contributed by atoms with Gasteiger partial charge in [0.2, 0.25) is 5.75 Å². The molecule has 0 spiro atoms. The molecule has 2 aliphatic heterocycles. The standard InChI is InChI=1S/C23H24FN3O7/c1-23(24)14-26(15-23)21(28)17-3-2-4-18(12-17)34-20-11-16(5-6-19(20)27(30)31)13-33-22(29)25-7-9-32-10-8-25/h2-6,11-12H,7-10,13-15H2,1H3. The first-order chi connectivity index (χ1) is 16.2. The summed E-state index contributed by atoms with van der Waals surface area (Å²) in [5.74, 6) is -0.200. The number of rotatable bonds is 6. The molecule has 2 heterocycles. The third kappa shape index (κ3) is 5.42. The monoisotopic (exact) mass is 473 g/mol. The first-order valence-electron chi connectivity index (χ1n) is 10.7. The summed E-state index contributed by atoms with van der Waals surface area (Å²) in [4.78, 5) is 38.6. The van der Waals surface area contributed by atoms with Gasteiger partial charge >= 0.3 is 11.8 Å². The fraction of sp³-hybridized carbons (Fsp3) is 0.391. The molecule has 2 fully saturated rings. The van der Waals surface area contributed by atoms with E-state index in [1.165, 1.54) is 41.0 Å². The summed E-state index contributed by atoms with van der Waals surface area (Å²) in [5, 5.41) is 11.5. The van der Waals surface area contributed by atoms with E-state index in [9.17, 15) is 24.1 Å². The molecular weight excluding hydrogens is 449 g/mol. The Balaban J connectivity index is 1.46. The summed E-state index contributed by atoms with van der Waals surface area (Å²) >= 11 is 0. The number of amides is 2. The lowest BCUT2D eigenvalue weighted by atomic mass is 9.98. The molecule has 0 bridgehead atoms. The molecule has 2 saturated heterocycles. The number of nitro benzene ring substituents is 1. The number of morpholine rings is 1. The highest BCUT2D eigenvalue weighted by molar-refractivity contribution is 5.95. The third-order valence-electron chi connectivity index (χ3n) is 5.49. The Morgan fingerprint density at radius 3 is 2.56 bits per heavy atom. The highest BCUT2D eigenvalue weighted by Gasteiger charge is 2.41. The van der Waals surface area contributed by atoms with Crippen LogP contribution in [0.1, 0.15) is 22.8 Å². The van der Waals surface area contributed by atoms with Crippen LogP contribution >= 0.6 is 0 Å². The van der Waals surface area contributed by atoms with E-state index >= 15 is 0 Å². The molecule has 2 amide bonds. The number of nitrogens with zero attached hydrogens (tertiary/aromatic N) is 3. The van der Waals surface area contributed by atoms with E-state index < -0.39 is 16.7 Å². The van der Waals surface area contributed by atoms with Gasteiger partial charge in [-0.2, -0.15) is 0 Å². The van der Waals surface area contributed by atoms with Gasteiger partial charge in [-0.15, -0.1) is 0 Å². The van der Waals surface area contributed by atoms with Gasteiger partial charge in [-0.05, 0) is 42.8 Å². The quantitative estimate of drug-likeness (QED) is 0.466. The van der Waals surface area contributed by atoms with Crippen LogP contribution in [0.25, 0.3) is 0 Å². The summed E-state index contributed by atoms with van der Waals surface area (Å²) in [6.07, 6.45) is -0.495. The molecule has 4 rings (SSSR count). The fourth-order valence-corrected chi connectivity index (χ4v) is 3.76. The van der Waals surface area contributed by atoms with Crippen molar-refractivity contribution in [1.29, 1.82) is 0 Å². The van der Waals surface area contributed by atoms with Gasteiger partial charge in [-0.1, -0.05) is 6.07 Å². The average Bonchev–Trinajstić information content (AvgIpc) is 2.81. The van der Waals surface area contributed by atoms with Gasteiger partial charge in [0.25, 0.3) is 5.91 Å². The third-order valence-corrected chi connectivity index (χ3v) is 5.49. The van der Waals surface area contributed by atoms with E-state index in [-0.39, 0.29) is 48.4 Å². The second-order valence-electron chi connectivity index (χ2n) is 8.42. The molecule has 2 aromatic rings. The molecule has 10 nitrogen and oxygen atoms in total. The minimum Gasteiger partial charge on any atom is -0.450 e. The summed E-state index contributed by atoms with van der Waals surface area (Å²) in [6, 6.07) is 10.3. The summed E-state index contributed by atoms with van der Waals surface area (Å²) < 4.78 is 30.0. The van der Waals surface area contributed by atoms with E-state index in [0.29, 0.717) is 31.9 Å². The Hall–Kier alpha value is -3.73. The van der Waals surface area contributed by atoms with E-state index in [4.69, 9.17) is 14.2 Å². The van der Waals surface area contributed by atoms with Crippen LogP contribution in [0.15, 0.2) is 42.5 Å². The molecule has 0 aliphatic carbocycles. The van der Waals surface area contributed by atoms with Crippen LogP contribution in [0.5, 0.6) is 11.5 Å². The lowest BCUT2D eigenvalue weighted by Gasteiger charge is -2.42. The number of benzene rings is 2. The van der Waals surface area contributed by atoms with Gasteiger partial charge in [0.15, 0.2) is 0 Å². The fourth-order valence-electron chi connectivity index (χ4n) is 3.76. The molecule has 0 aromatic heterocycles. The van der Waals surface area contributed by atoms with E-state index in [2.05, 4.69) is 0 Å². The maximum absolute atomic E-state index is 13.8. The predicted octanol–water partition coefficient (Wildman–Crippen LogP) is 3.54. The van der Waals surface area contributed by atoms with Crippen LogP contribution in [0.3, 0.4) is 0 Å². The molecule has 2 aliphatic rings.